The number of imidazole rings is 1. The van der Waals surface area contributed by atoms with E-state index >= 15 is 0 Å². The van der Waals surface area contributed by atoms with Crippen molar-refractivity contribution >= 4 is 52.2 Å². The second-order valence-corrected chi connectivity index (χ2v) is 10.1. The van der Waals surface area contributed by atoms with Crippen molar-refractivity contribution in [1.82, 2.24) is 33.7 Å². The number of carbonyl (C=O) groups is 2. The van der Waals surface area contributed by atoms with E-state index in [1.807, 2.05) is 18.2 Å². The molecule has 3 aromatic heterocycles. The number of anilines is 1. The van der Waals surface area contributed by atoms with Gasteiger partial charge in [0.2, 0.25) is 5.91 Å². The molecule has 3 N–H and O–H groups in total. The largest absolute Gasteiger partial charge is 0.364 e. The predicted octanol–water partition coefficient (Wildman–Crippen LogP) is 1.55. The van der Waals surface area contributed by atoms with Gasteiger partial charge in [0.25, 0.3) is 11.5 Å². The molecule has 5 rings (SSSR count). The topological polar surface area (TPSA) is 165 Å². The van der Waals surface area contributed by atoms with Crippen LogP contribution in [-0.4, -0.2) is 51.2 Å². The Bertz CT molecular complexity index is 1880. The molecule has 0 aliphatic rings. The number of thioether (sulfide) groups is 1. The lowest BCUT2D eigenvalue weighted by Crippen LogP contribution is -2.37. The zero-order valence-corrected chi connectivity index (χ0v) is 22.8. The van der Waals surface area contributed by atoms with Gasteiger partial charge >= 0.3 is 5.69 Å². The van der Waals surface area contributed by atoms with Crippen LogP contribution in [0.3, 0.4) is 0 Å². The van der Waals surface area contributed by atoms with Crippen LogP contribution in [0.25, 0.3) is 16.9 Å². The Kier molecular flexibility index (Phi) is 7.28. The summed E-state index contributed by atoms with van der Waals surface area (Å²) in [6.07, 6.45) is 0. The van der Waals surface area contributed by atoms with Crippen molar-refractivity contribution in [3.05, 3.63) is 91.7 Å². The van der Waals surface area contributed by atoms with Crippen LogP contribution in [0.4, 0.5) is 5.82 Å². The first-order chi connectivity index (χ1) is 19.1. The van der Waals surface area contributed by atoms with Crippen LogP contribution in [0.2, 0.25) is 5.02 Å². The third kappa shape index (κ3) is 5.13. The van der Waals surface area contributed by atoms with E-state index in [-0.39, 0.29) is 35.0 Å². The van der Waals surface area contributed by atoms with E-state index in [0.717, 1.165) is 21.9 Å². The number of para-hydroxylation sites is 1. The molecule has 0 saturated carbocycles. The highest BCUT2D eigenvalue weighted by molar-refractivity contribution is 7.99. The Balaban J connectivity index is 1.45. The number of nitrogens with one attached hydrogen (secondary N) is 1. The van der Waals surface area contributed by atoms with Gasteiger partial charge in [0.15, 0.2) is 27.8 Å². The smallest absolute Gasteiger partial charge is 0.332 e. The first-order valence-corrected chi connectivity index (χ1v) is 13.2. The molecule has 204 valence electrons. The van der Waals surface area contributed by atoms with Crippen LogP contribution >= 0.6 is 23.4 Å². The fourth-order valence-electron chi connectivity index (χ4n) is 3.99. The SMILES string of the molecule is Cn1c(=O)c2c(nc(SCC(=O)Nc3nn(-c4ccccc4)nc3C(N)=O)n2Cc2ccc(Cl)cc2)n(C)c1=O. The molecule has 15 heteroatoms. The van der Waals surface area contributed by atoms with E-state index in [1.165, 1.54) is 23.5 Å². The minimum atomic E-state index is -0.855. The summed E-state index contributed by atoms with van der Waals surface area (Å²) in [5.74, 6) is -1.62. The normalized spacial score (nSPS) is 11.2. The van der Waals surface area contributed by atoms with Crippen molar-refractivity contribution in [3.8, 4) is 5.69 Å². The highest BCUT2D eigenvalue weighted by Gasteiger charge is 2.22. The minimum Gasteiger partial charge on any atom is -0.364 e. The summed E-state index contributed by atoms with van der Waals surface area (Å²) in [5, 5.41) is 11.8. The fraction of sp³-hybridized carbons (Fsp3) is 0.160. The zero-order valence-electron chi connectivity index (χ0n) is 21.2. The van der Waals surface area contributed by atoms with Gasteiger partial charge in [0.1, 0.15) is 0 Å². The van der Waals surface area contributed by atoms with Crippen molar-refractivity contribution in [2.45, 2.75) is 11.7 Å². The number of aryl methyl sites for hydroxylation is 1. The number of amides is 2. The second kappa shape index (κ2) is 10.8. The minimum absolute atomic E-state index is 0.0899. The van der Waals surface area contributed by atoms with Gasteiger partial charge in [-0.1, -0.05) is 53.7 Å². The molecular formula is C25H22ClN9O4S. The van der Waals surface area contributed by atoms with Crippen molar-refractivity contribution in [3.63, 3.8) is 0 Å². The van der Waals surface area contributed by atoms with E-state index < -0.39 is 23.1 Å². The Labute approximate surface area is 235 Å². The highest BCUT2D eigenvalue weighted by Crippen LogP contribution is 2.24. The Morgan fingerprint density at radius 2 is 1.70 bits per heavy atom. The molecule has 0 radical (unpaired) electrons. The predicted molar refractivity (Wildman–Crippen MR) is 150 cm³/mol. The molecule has 0 saturated heterocycles. The Morgan fingerprint density at radius 1 is 1.00 bits per heavy atom. The van der Waals surface area contributed by atoms with Gasteiger partial charge in [-0.3, -0.25) is 23.5 Å². The van der Waals surface area contributed by atoms with E-state index in [1.54, 1.807) is 41.0 Å². The van der Waals surface area contributed by atoms with Crippen LogP contribution in [0.5, 0.6) is 0 Å². The van der Waals surface area contributed by atoms with Gasteiger partial charge < -0.3 is 15.6 Å². The summed E-state index contributed by atoms with van der Waals surface area (Å²) in [6, 6.07) is 15.9. The second-order valence-electron chi connectivity index (χ2n) is 8.71. The number of fused-ring (bicyclic) bond motifs is 1. The lowest BCUT2D eigenvalue weighted by Gasteiger charge is -2.10. The number of rotatable bonds is 8. The monoisotopic (exact) mass is 579 g/mol. The van der Waals surface area contributed by atoms with Crippen LogP contribution in [0.1, 0.15) is 16.1 Å². The van der Waals surface area contributed by atoms with Crippen LogP contribution < -0.4 is 22.3 Å². The molecular weight excluding hydrogens is 558 g/mol. The number of benzene rings is 2. The van der Waals surface area contributed by atoms with Crippen LogP contribution in [0.15, 0.2) is 69.3 Å². The first-order valence-electron chi connectivity index (χ1n) is 11.8. The molecule has 0 bridgehead atoms. The summed E-state index contributed by atoms with van der Waals surface area (Å²) in [4.78, 5) is 56.2. The lowest BCUT2D eigenvalue weighted by atomic mass is 10.2. The molecule has 0 atom stereocenters. The maximum atomic E-state index is 13.1. The molecule has 13 nitrogen and oxygen atoms in total. The fourth-order valence-corrected chi connectivity index (χ4v) is 4.91. The van der Waals surface area contributed by atoms with Crippen molar-refractivity contribution in [2.75, 3.05) is 11.1 Å². The molecule has 0 aliphatic carbocycles. The molecule has 2 amide bonds. The average molecular weight is 580 g/mol. The first kappa shape index (κ1) is 26.9. The van der Waals surface area contributed by atoms with E-state index in [0.29, 0.717) is 15.9 Å². The zero-order chi connectivity index (χ0) is 28.6. The third-order valence-electron chi connectivity index (χ3n) is 5.99. The maximum absolute atomic E-state index is 13.1. The standard InChI is InChI=1S/C25H22ClN9O4S/c1-32-22-19(23(38)33(2)25(32)39)34(12-14-8-10-15(26)11-9-14)24(29-22)40-13-17(36)28-21-18(20(27)37)30-35(31-21)16-6-4-3-5-7-16/h3-11H,12-13H2,1-2H3,(H2,27,37)(H,28,31,36). The number of nitrogens with zero attached hydrogens (tertiary/aromatic N) is 7. The molecule has 0 spiro atoms. The van der Waals surface area contributed by atoms with Crippen LogP contribution in [0, 0.1) is 0 Å². The number of hydrogen-bond donors (Lipinski definition) is 2. The molecule has 0 fully saturated rings. The summed E-state index contributed by atoms with van der Waals surface area (Å²) in [6.45, 7) is 0.238. The lowest BCUT2D eigenvalue weighted by molar-refractivity contribution is -0.113. The summed E-state index contributed by atoms with van der Waals surface area (Å²) in [7, 11) is 2.91. The number of primary amides is 1. The Morgan fingerprint density at radius 3 is 2.38 bits per heavy atom. The quantitative estimate of drug-likeness (QED) is 0.261. The van der Waals surface area contributed by atoms with Gasteiger partial charge in [0.05, 0.1) is 18.0 Å². The van der Waals surface area contributed by atoms with Crippen LogP contribution in [-0.2, 0) is 25.4 Å². The summed E-state index contributed by atoms with van der Waals surface area (Å²) >= 11 is 7.07. The number of nitrogens with two attached hydrogens (primary N) is 1. The third-order valence-corrected chi connectivity index (χ3v) is 7.22. The molecule has 2 aromatic carbocycles. The van der Waals surface area contributed by atoms with Gasteiger partial charge in [-0.05, 0) is 29.8 Å². The number of hydrogen-bond acceptors (Lipinski definition) is 8. The average Bonchev–Trinajstić information content (AvgIpc) is 3.53. The molecule has 0 unspecified atom stereocenters. The van der Waals surface area contributed by atoms with E-state index in [4.69, 9.17) is 17.3 Å². The molecule has 40 heavy (non-hydrogen) atoms. The Hall–Kier alpha value is -4.69. The van der Waals surface area contributed by atoms with Gasteiger partial charge in [0, 0.05) is 19.1 Å². The number of aromatic nitrogens is 7. The molecule has 3 heterocycles. The molecule has 0 aliphatic heterocycles. The van der Waals surface area contributed by atoms with Gasteiger partial charge in [-0.15, -0.1) is 15.0 Å². The van der Waals surface area contributed by atoms with Crippen molar-refractivity contribution < 1.29 is 9.59 Å². The van der Waals surface area contributed by atoms with Crippen molar-refractivity contribution in [1.29, 1.82) is 0 Å². The highest BCUT2D eigenvalue weighted by atomic mass is 35.5. The number of carbonyl (C=O) groups excluding carboxylic acids is 2. The van der Waals surface area contributed by atoms with Crippen molar-refractivity contribution in [2.24, 2.45) is 19.8 Å². The van der Waals surface area contributed by atoms with E-state index in [2.05, 4.69) is 20.5 Å². The maximum Gasteiger partial charge on any atom is 0.332 e. The summed E-state index contributed by atoms with van der Waals surface area (Å²) < 4.78 is 3.93. The van der Waals surface area contributed by atoms with E-state index in [9.17, 15) is 19.2 Å². The number of halogens is 1. The van der Waals surface area contributed by atoms with Gasteiger partial charge in [-0.25, -0.2) is 9.78 Å². The van der Waals surface area contributed by atoms with Gasteiger partial charge in [-0.2, -0.15) is 0 Å². The summed E-state index contributed by atoms with van der Waals surface area (Å²) in [5.41, 5.74) is 6.01. The molecule has 5 aromatic rings.